The van der Waals surface area contributed by atoms with Crippen LogP contribution in [0, 0.1) is 4.91 Å². The average molecular weight is 305 g/mol. The highest BCUT2D eigenvalue weighted by molar-refractivity contribution is 5.78. The number of methoxy groups -OCH3 is 1. The van der Waals surface area contributed by atoms with Crippen LogP contribution in [0.25, 0.3) is 0 Å². The number of carbonyl (C=O) groups excluding carboxylic acids is 1. The van der Waals surface area contributed by atoms with Gasteiger partial charge in [-0.2, -0.15) is 0 Å². The van der Waals surface area contributed by atoms with Gasteiger partial charge in [0.1, 0.15) is 17.2 Å². The minimum absolute atomic E-state index is 0.296. The Morgan fingerprint density at radius 3 is 2.50 bits per heavy atom. The first-order valence-corrected chi connectivity index (χ1v) is 8.23. The van der Waals surface area contributed by atoms with Gasteiger partial charge in [0.2, 0.25) is 0 Å². The molecule has 0 bridgehead atoms. The summed E-state index contributed by atoms with van der Waals surface area (Å²) in [6.45, 7) is 2.20. The van der Waals surface area contributed by atoms with Gasteiger partial charge in [0.05, 0.1) is 7.11 Å². The molecule has 0 aliphatic rings. The van der Waals surface area contributed by atoms with Crippen molar-refractivity contribution in [3.63, 3.8) is 0 Å². The van der Waals surface area contributed by atoms with Gasteiger partial charge in [0.15, 0.2) is 0 Å². The monoisotopic (exact) mass is 305 g/mol. The van der Waals surface area contributed by atoms with Crippen molar-refractivity contribution < 1.29 is 9.53 Å². The summed E-state index contributed by atoms with van der Waals surface area (Å²) in [4.78, 5) is 22.5. The van der Waals surface area contributed by atoms with E-state index in [1.165, 1.54) is 32.8 Å². The number of nitrogens with zero attached hydrogens (tertiary/aromatic N) is 1. The maximum Gasteiger partial charge on any atom is 0.149 e. The van der Waals surface area contributed by atoms with Crippen LogP contribution in [0.4, 0.5) is 5.69 Å². The van der Waals surface area contributed by atoms with Gasteiger partial charge in [0, 0.05) is 12.8 Å². The third-order valence-electron chi connectivity index (χ3n) is 3.84. The van der Waals surface area contributed by atoms with Gasteiger partial charge in [-0.1, -0.05) is 45.1 Å². The van der Waals surface area contributed by atoms with Gasteiger partial charge in [-0.15, -0.1) is 4.91 Å². The molecule has 0 atom stereocenters. The van der Waals surface area contributed by atoms with E-state index in [9.17, 15) is 9.70 Å². The van der Waals surface area contributed by atoms with Crippen molar-refractivity contribution in [2.75, 3.05) is 7.11 Å². The Balaban J connectivity index is 2.27. The summed E-state index contributed by atoms with van der Waals surface area (Å²) in [5.74, 6) is 0.780. The molecule has 1 aromatic rings. The maximum atomic E-state index is 11.9. The van der Waals surface area contributed by atoms with Crippen LogP contribution in [0.1, 0.15) is 63.9 Å². The Labute approximate surface area is 133 Å². The topological polar surface area (TPSA) is 55.7 Å². The molecular weight excluding hydrogens is 278 g/mol. The van der Waals surface area contributed by atoms with E-state index < -0.39 is 0 Å². The lowest BCUT2D eigenvalue weighted by molar-refractivity contribution is -0.119. The molecule has 0 unspecified atom stereocenters. The predicted octanol–water partition coefficient (Wildman–Crippen LogP) is 5.35. The van der Waals surface area contributed by atoms with Gasteiger partial charge in [-0.3, -0.25) is 4.79 Å². The van der Waals surface area contributed by atoms with E-state index in [1.807, 2.05) is 6.07 Å². The second kappa shape index (κ2) is 10.9. The standard InChI is InChI=1S/C18H27NO3/c1-3-4-5-6-7-8-9-16(20)12-10-15-11-13-17(19-21)18(14-15)22-2/h11,13-14H,3-10,12H2,1-2H3. The minimum atomic E-state index is 0.296. The summed E-state index contributed by atoms with van der Waals surface area (Å²) in [6, 6.07) is 5.26. The van der Waals surface area contributed by atoms with Crippen LogP contribution in [0.3, 0.4) is 0 Å². The molecule has 122 valence electrons. The SMILES string of the molecule is CCCCCCCCC(=O)CCc1ccc(N=O)c(OC)c1. The third kappa shape index (κ3) is 6.83. The number of nitroso groups, excluding NO2 is 1. The molecular formula is C18H27NO3. The van der Waals surface area contributed by atoms with E-state index in [0.29, 0.717) is 36.5 Å². The number of hydrogen-bond acceptors (Lipinski definition) is 4. The first kappa shape index (κ1) is 18.3. The summed E-state index contributed by atoms with van der Waals surface area (Å²) in [7, 11) is 1.51. The van der Waals surface area contributed by atoms with E-state index in [-0.39, 0.29) is 0 Å². The molecule has 0 aliphatic heterocycles. The normalized spacial score (nSPS) is 10.5. The van der Waals surface area contributed by atoms with Crippen LogP contribution in [0.15, 0.2) is 23.4 Å². The number of hydrogen-bond donors (Lipinski definition) is 0. The second-order valence-corrected chi connectivity index (χ2v) is 5.65. The van der Waals surface area contributed by atoms with E-state index in [4.69, 9.17) is 4.74 Å². The van der Waals surface area contributed by atoms with Crippen molar-refractivity contribution in [2.45, 2.75) is 64.7 Å². The van der Waals surface area contributed by atoms with Crippen molar-refractivity contribution >= 4 is 11.5 Å². The highest BCUT2D eigenvalue weighted by atomic mass is 16.5. The lowest BCUT2D eigenvalue weighted by Crippen LogP contribution is -2.00. The molecule has 4 nitrogen and oxygen atoms in total. The second-order valence-electron chi connectivity index (χ2n) is 5.65. The van der Waals surface area contributed by atoms with Crippen LogP contribution in [0.2, 0.25) is 0 Å². The Morgan fingerprint density at radius 2 is 1.82 bits per heavy atom. The Bertz CT molecular complexity index is 471. The van der Waals surface area contributed by atoms with Crippen molar-refractivity contribution in [3.05, 3.63) is 28.7 Å². The van der Waals surface area contributed by atoms with Crippen molar-refractivity contribution in [3.8, 4) is 5.75 Å². The zero-order chi connectivity index (χ0) is 16.2. The van der Waals surface area contributed by atoms with Crippen LogP contribution in [-0.2, 0) is 11.2 Å². The smallest absolute Gasteiger partial charge is 0.149 e. The van der Waals surface area contributed by atoms with Crippen LogP contribution >= 0.6 is 0 Å². The molecule has 4 heteroatoms. The average Bonchev–Trinajstić information content (AvgIpc) is 2.55. The van der Waals surface area contributed by atoms with E-state index in [2.05, 4.69) is 12.1 Å². The lowest BCUT2D eigenvalue weighted by atomic mass is 10.0. The van der Waals surface area contributed by atoms with Crippen molar-refractivity contribution in [2.24, 2.45) is 5.18 Å². The molecule has 22 heavy (non-hydrogen) atoms. The quantitative estimate of drug-likeness (QED) is 0.386. The van der Waals surface area contributed by atoms with Crippen LogP contribution in [0.5, 0.6) is 5.75 Å². The van der Waals surface area contributed by atoms with E-state index in [0.717, 1.165) is 18.4 Å². The number of carbonyl (C=O) groups is 1. The molecule has 0 aliphatic carbocycles. The number of Topliss-reactive ketones (excluding diaryl/α,β-unsaturated/α-hetero) is 1. The highest BCUT2D eigenvalue weighted by Gasteiger charge is 2.07. The van der Waals surface area contributed by atoms with Crippen LogP contribution < -0.4 is 4.74 Å². The van der Waals surface area contributed by atoms with E-state index >= 15 is 0 Å². The number of ketones is 1. The molecule has 0 radical (unpaired) electrons. The first-order chi connectivity index (χ1) is 10.7. The molecule has 0 saturated carbocycles. The van der Waals surface area contributed by atoms with Gasteiger partial charge in [-0.25, -0.2) is 0 Å². The van der Waals surface area contributed by atoms with Crippen molar-refractivity contribution in [1.29, 1.82) is 0 Å². The first-order valence-electron chi connectivity index (χ1n) is 8.23. The lowest BCUT2D eigenvalue weighted by Gasteiger charge is -2.06. The number of aryl methyl sites for hydroxylation is 1. The molecule has 0 saturated heterocycles. The number of rotatable bonds is 12. The van der Waals surface area contributed by atoms with Gasteiger partial charge in [-0.05, 0) is 35.7 Å². The van der Waals surface area contributed by atoms with E-state index in [1.54, 1.807) is 12.1 Å². The third-order valence-corrected chi connectivity index (χ3v) is 3.84. The fourth-order valence-electron chi connectivity index (χ4n) is 2.46. The molecule has 0 spiro atoms. The highest BCUT2D eigenvalue weighted by Crippen LogP contribution is 2.28. The molecule has 0 fully saturated rings. The largest absolute Gasteiger partial charge is 0.494 e. The summed E-state index contributed by atoms with van der Waals surface area (Å²) < 4.78 is 5.12. The summed E-state index contributed by atoms with van der Waals surface area (Å²) in [6.07, 6.45) is 9.12. The Kier molecular flexibility index (Phi) is 9.12. The molecule has 0 aromatic heterocycles. The zero-order valence-corrected chi connectivity index (χ0v) is 13.8. The van der Waals surface area contributed by atoms with Gasteiger partial charge in [0.25, 0.3) is 0 Å². The molecule has 0 amide bonds. The van der Waals surface area contributed by atoms with Crippen LogP contribution in [-0.4, -0.2) is 12.9 Å². The predicted molar refractivity (Wildman–Crippen MR) is 89.8 cm³/mol. The maximum absolute atomic E-state index is 11.9. The fraction of sp³-hybridized carbons (Fsp3) is 0.611. The molecule has 0 heterocycles. The zero-order valence-electron chi connectivity index (χ0n) is 13.8. The number of benzene rings is 1. The molecule has 1 rings (SSSR count). The molecule has 1 aromatic carbocycles. The fourth-order valence-corrected chi connectivity index (χ4v) is 2.46. The number of unbranched alkanes of at least 4 members (excludes halogenated alkanes) is 5. The minimum Gasteiger partial charge on any atom is -0.494 e. The Morgan fingerprint density at radius 1 is 1.09 bits per heavy atom. The number of ether oxygens (including phenoxy) is 1. The Hall–Kier alpha value is -1.71. The summed E-state index contributed by atoms with van der Waals surface area (Å²) >= 11 is 0. The van der Waals surface area contributed by atoms with Crippen molar-refractivity contribution in [1.82, 2.24) is 0 Å². The van der Waals surface area contributed by atoms with Gasteiger partial charge >= 0.3 is 0 Å². The summed E-state index contributed by atoms with van der Waals surface area (Å²) in [5, 5.41) is 2.91. The van der Waals surface area contributed by atoms with Gasteiger partial charge < -0.3 is 4.74 Å². The summed E-state index contributed by atoms with van der Waals surface area (Å²) in [5.41, 5.74) is 1.30. The molecule has 0 N–H and O–H groups in total.